The minimum Gasteiger partial charge on any atom is -0.444 e. The molecule has 0 aliphatic heterocycles. The summed E-state index contributed by atoms with van der Waals surface area (Å²) in [6.07, 6.45) is 2.28. The predicted molar refractivity (Wildman–Crippen MR) is 84.0 cm³/mol. The van der Waals surface area contributed by atoms with Crippen LogP contribution in [0.3, 0.4) is 0 Å². The maximum atomic E-state index is 13.6. The molecular weight excluding hydrogens is 302 g/mol. The molecule has 128 valence electrons. The van der Waals surface area contributed by atoms with E-state index in [1.165, 1.54) is 12.1 Å². The molecule has 2 unspecified atom stereocenters. The molecule has 0 heterocycles. The monoisotopic (exact) mass is 326 g/mol. The van der Waals surface area contributed by atoms with Gasteiger partial charge in [0, 0.05) is 30.3 Å². The lowest BCUT2D eigenvalue weighted by molar-refractivity contribution is 0.0498. The van der Waals surface area contributed by atoms with Gasteiger partial charge in [-0.15, -0.1) is 0 Å². The minimum absolute atomic E-state index is 0.0478. The van der Waals surface area contributed by atoms with E-state index < -0.39 is 23.3 Å². The van der Waals surface area contributed by atoms with Crippen LogP contribution in [0.5, 0.6) is 0 Å². The van der Waals surface area contributed by atoms with Gasteiger partial charge in [-0.2, -0.15) is 0 Å². The number of benzene rings is 1. The summed E-state index contributed by atoms with van der Waals surface area (Å²) in [5, 5.41) is 6.11. The van der Waals surface area contributed by atoms with Crippen LogP contribution >= 0.6 is 0 Å². The number of amides is 1. The summed E-state index contributed by atoms with van der Waals surface area (Å²) >= 11 is 0. The van der Waals surface area contributed by atoms with Crippen molar-refractivity contribution in [1.29, 1.82) is 0 Å². The number of carbonyl (C=O) groups is 1. The quantitative estimate of drug-likeness (QED) is 0.890. The maximum Gasteiger partial charge on any atom is 0.407 e. The third kappa shape index (κ3) is 5.46. The van der Waals surface area contributed by atoms with Crippen LogP contribution in [-0.2, 0) is 11.3 Å². The Morgan fingerprint density at radius 1 is 1.26 bits per heavy atom. The van der Waals surface area contributed by atoms with Crippen molar-refractivity contribution in [3.63, 3.8) is 0 Å². The normalized spacial score (nSPS) is 21.3. The molecule has 1 fully saturated rings. The van der Waals surface area contributed by atoms with Crippen LogP contribution in [0.15, 0.2) is 18.2 Å². The lowest BCUT2D eigenvalue weighted by atomic mass is 10.1. The number of halogens is 2. The first-order chi connectivity index (χ1) is 10.7. The van der Waals surface area contributed by atoms with Gasteiger partial charge in [-0.3, -0.25) is 0 Å². The molecule has 1 amide bonds. The molecule has 1 saturated carbocycles. The Bertz CT molecular complexity index is 558. The Morgan fingerprint density at radius 2 is 1.96 bits per heavy atom. The van der Waals surface area contributed by atoms with Crippen LogP contribution in [0, 0.1) is 11.6 Å². The van der Waals surface area contributed by atoms with Gasteiger partial charge in [0.05, 0.1) is 0 Å². The highest BCUT2D eigenvalue weighted by atomic mass is 19.1. The molecule has 0 spiro atoms. The summed E-state index contributed by atoms with van der Waals surface area (Å²) in [4.78, 5) is 11.9. The van der Waals surface area contributed by atoms with Crippen LogP contribution in [-0.4, -0.2) is 23.8 Å². The van der Waals surface area contributed by atoms with E-state index in [1.807, 2.05) is 20.8 Å². The minimum atomic E-state index is -0.586. The Hall–Kier alpha value is -1.69. The smallest absolute Gasteiger partial charge is 0.407 e. The predicted octanol–water partition coefficient (Wildman–Crippen LogP) is 3.50. The fourth-order valence-electron chi connectivity index (χ4n) is 2.74. The SMILES string of the molecule is CC(C)(C)OC(=O)NC1CCCC1NCc1ccc(F)cc1F. The van der Waals surface area contributed by atoms with E-state index in [0.29, 0.717) is 12.1 Å². The lowest BCUT2D eigenvalue weighted by Gasteiger charge is -2.25. The summed E-state index contributed by atoms with van der Waals surface area (Å²) in [7, 11) is 0. The van der Waals surface area contributed by atoms with Gasteiger partial charge in [-0.25, -0.2) is 13.6 Å². The second kappa shape index (κ2) is 7.25. The summed E-state index contributed by atoms with van der Waals surface area (Å²) in [5.74, 6) is -1.15. The van der Waals surface area contributed by atoms with Crippen LogP contribution in [0.2, 0.25) is 0 Å². The van der Waals surface area contributed by atoms with E-state index in [2.05, 4.69) is 10.6 Å². The van der Waals surface area contributed by atoms with E-state index in [-0.39, 0.29) is 12.1 Å². The molecule has 1 aliphatic rings. The van der Waals surface area contributed by atoms with Gasteiger partial charge in [0.15, 0.2) is 0 Å². The Morgan fingerprint density at radius 3 is 2.61 bits per heavy atom. The lowest BCUT2D eigenvalue weighted by Crippen LogP contribution is -2.47. The highest BCUT2D eigenvalue weighted by Gasteiger charge is 2.29. The number of ether oxygens (including phenoxy) is 1. The van der Waals surface area contributed by atoms with Crippen LogP contribution in [0.4, 0.5) is 13.6 Å². The van der Waals surface area contributed by atoms with Gasteiger partial charge >= 0.3 is 6.09 Å². The van der Waals surface area contributed by atoms with E-state index >= 15 is 0 Å². The Labute approximate surface area is 135 Å². The molecule has 0 bridgehead atoms. The third-order valence-electron chi connectivity index (χ3n) is 3.79. The third-order valence-corrected chi connectivity index (χ3v) is 3.79. The van der Waals surface area contributed by atoms with E-state index in [9.17, 15) is 13.6 Å². The van der Waals surface area contributed by atoms with E-state index in [4.69, 9.17) is 4.74 Å². The zero-order valence-electron chi connectivity index (χ0n) is 13.8. The molecule has 1 aromatic carbocycles. The molecule has 0 saturated heterocycles. The molecule has 2 rings (SSSR count). The molecule has 2 N–H and O–H groups in total. The number of carbonyl (C=O) groups excluding carboxylic acids is 1. The highest BCUT2D eigenvalue weighted by Crippen LogP contribution is 2.21. The average molecular weight is 326 g/mol. The molecular formula is C17H24F2N2O2. The Balaban J connectivity index is 1.88. The van der Waals surface area contributed by atoms with E-state index in [0.717, 1.165) is 25.3 Å². The van der Waals surface area contributed by atoms with Crippen molar-refractivity contribution in [2.24, 2.45) is 0 Å². The molecule has 1 aromatic rings. The van der Waals surface area contributed by atoms with Gasteiger partial charge < -0.3 is 15.4 Å². The van der Waals surface area contributed by atoms with Gasteiger partial charge in [-0.1, -0.05) is 6.07 Å². The van der Waals surface area contributed by atoms with Crippen LogP contribution in [0.1, 0.15) is 45.6 Å². The van der Waals surface area contributed by atoms with Crippen molar-refractivity contribution in [2.45, 2.75) is 64.3 Å². The van der Waals surface area contributed by atoms with Crippen molar-refractivity contribution in [3.05, 3.63) is 35.4 Å². The van der Waals surface area contributed by atoms with Gasteiger partial charge in [-0.05, 0) is 46.1 Å². The first kappa shape index (κ1) is 17.7. The number of alkyl carbamates (subject to hydrolysis) is 1. The fourth-order valence-corrected chi connectivity index (χ4v) is 2.74. The second-order valence-corrected chi connectivity index (χ2v) is 6.91. The first-order valence-electron chi connectivity index (χ1n) is 7.91. The molecule has 4 nitrogen and oxygen atoms in total. The molecule has 23 heavy (non-hydrogen) atoms. The molecule has 1 aliphatic carbocycles. The molecule has 2 atom stereocenters. The first-order valence-corrected chi connectivity index (χ1v) is 7.91. The van der Waals surface area contributed by atoms with Gasteiger partial charge in [0.2, 0.25) is 0 Å². The van der Waals surface area contributed by atoms with Gasteiger partial charge in [0.1, 0.15) is 17.2 Å². The fraction of sp³-hybridized carbons (Fsp3) is 0.588. The summed E-state index contributed by atoms with van der Waals surface area (Å²) < 4.78 is 31.8. The van der Waals surface area contributed by atoms with Crippen LogP contribution < -0.4 is 10.6 Å². The maximum absolute atomic E-state index is 13.6. The second-order valence-electron chi connectivity index (χ2n) is 6.91. The average Bonchev–Trinajstić information content (AvgIpc) is 2.82. The standard InChI is InChI=1S/C17H24F2N2O2/c1-17(2,3)23-16(22)21-15-6-4-5-14(15)20-10-11-7-8-12(18)9-13(11)19/h7-9,14-15,20H,4-6,10H2,1-3H3,(H,21,22). The number of hydrogen-bond acceptors (Lipinski definition) is 3. The van der Waals surface area contributed by atoms with Gasteiger partial charge in [0.25, 0.3) is 0 Å². The molecule has 0 radical (unpaired) electrons. The van der Waals surface area contributed by atoms with Crippen molar-refractivity contribution < 1.29 is 18.3 Å². The number of hydrogen-bond donors (Lipinski definition) is 2. The zero-order valence-corrected chi connectivity index (χ0v) is 13.8. The van der Waals surface area contributed by atoms with E-state index in [1.54, 1.807) is 0 Å². The van der Waals surface area contributed by atoms with Crippen molar-refractivity contribution >= 4 is 6.09 Å². The van der Waals surface area contributed by atoms with Crippen molar-refractivity contribution in [3.8, 4) is 0 Å². The van der Waals surface area contributed by atoms with Crippen LogP contribution in [0.25, 0.3) is 0 Å². The summed E-state index contributed by atoms with van der Waals surface area (Å²) in [5.41, 5.74) is -0.127. The Kier molecular flexibility index (Phi) is 5.57. The number of rotatable bonds is 4. The summed E-state index contributed by atoms with van der Waals surface area (Å²) in [6, 6.07) is 3.55. The zero-order chi connectivity index (χ0) is 17.0. The molecule has 0 aromatic heterocycles. The van der Waals surface area contributed by atoms with Crippen molar-refractivity contribution in [1.82, 2.24) is 10.6 Å². The largest absolute Gasteiger partial charge is 0.444 e. The molecule has 6 heteroatoms. The van der Waals surface area contributed by atoms with Crippen molar-refractivity contribution in [2.75, 3.05) is 0 Å². The number of nitrogens with one attached hydrogen (secondary N) is 2. The summed E-state index contributed by atoms with van der Waals surface area (Å²) in [6.45, 7) is 5.74. The topological polar surface area (TPSA) is 50.4 Å². The highest BCUT2D eigenvalue weighted by molar-refractivity contribution is 5.68.